The first-order valence-electron chi connectivity index (χ1n) is 5.68. The van der Waals surface area contributed by atoms with Crippen molar-refractivity contribution in [1.82, 2.24) is 4.98 Å². The molecule has 2 rings (SSSR count). The number of pyridine rings is 1. The number of hydrogen-bond donors (Lipinski definition) is 0. The Bertz CT molecular complexity index is 402. The molecule has 0 spiro atoms. The first-order valence-corrected chi connectivity index (χ1v) is 7.01. The molecule has 2 atom stereocenters. The Labute approximate surface area is 115 Å². The summed E-state index contributed by atoms with van der Waals surface area (Å²) in [5, 5.41) is 0. The van der Waals surface area contributed by atoms with Gasteiger partial charge in [0.15, 0.2) is 0 Å². The molecule has 1 aromatic rings. The Morgan fingerprint density at radius 1 is 1.65 bits per heavy atom. The highest BCUT2D eigenvalue weighted by atomic mass is 79.9. The SMILES string of the molecule is Cc1ccnc(N2CC(CCl)OCC2C)c1Br. The van der Waals surface area contributed by atoms with Crippen LogP contribution in [0.2, 0.25) is 0 Å². The third kappa shape index (κ3) is 2.75. The quantitative estimate of drug-likeness (QED) is 0.784. The zero-order chi connectivity index (χ0) is 12.4. The zero-order valence-corrected chi connectivity index (χ0v) is 12.3. The molecule has 3 nitrogen and oxygen atoms in total. The molecule has 2 heterocycles. The standard InChI is InChI=1S/C12H16BrClN2O/c1-8-3-4-15-12(11(8)13)16-6-10(5-14)17-7-9(16)2/h3-4,9-10H,5-7H2,1-2H3. The average molecular weight is 320 g/mol. The van der Waals surface area contributed by atoms with Gasteiger partial charge in [-0.15, -0.1) is 11.6 Å². The van der Waals surface area contributed by atoms with E-state index in [1.54, 1.807) is 0 Å². The fourth-order valence-corrected chi connectivity index (χ4v) is 2.58. The van der Waals surface area contributed by atoms with Crippen molar-refractivity contribution in [2.75, 3.05) is 23.9 Å². The molecule has 17 heavy (non-hydrogen) atoms. The number of ether oxygens (including phenoxy) is 1. The van der Waals surface area contributed by atoms with Crippen molar-refractivity contribution in [1.29, 1.82) is 0 Å². The average Bonchev–Trinajstić information content (AvgIpc) is 2.34. The molecule has 0 aliphatic carbocycles. The van der Waals surface area contributed by atoms with Crippen LogP contribution in [0.5, 0.6) is 0 Å². The molecule has 0 radical (unpaired) electrons. The molecule has 0 N–H and O–H groups in total. The molecule has 2 unspecified atom stereocenters. The van der Waals surface area contributed by atoms with Crippen LogP contribution in [-0.2, 0) is 4.74 Å². The van der Waals surface area contributed by atoms with E-state index in [9.17, 15) is 0 Å². The normalized spacial score (nSPS) is 25.1. The van der Waals surface area contributed by atoms with Gasteiger partial charge >= 0.3 is 0 Å². The number of nitrogens with zero attached hydrogens (tertiary/aromatic N) is 2. The van der Waals surface area contributed by atoms with E-state index in [0.29, 0.717) is 18.5 Å². The molecule has 0 bridgehead atoms. The number of halogens is 2. The highest BCUT2D eigenvalue weighted by Crippen LogP contribution is 2.30. The predicted molar refractivity (Wildman–Crippen MR) is 73.9 cm³/mol. The zero-order valence-electron chi connectivity index (χ0n) is 9.99. The molecule has 1 aliphatic rings. The first kappa shape index (κ1) is 13.1. The highest BCUT2D eigenvalue weighted by Gasteiger charge is 2.27. The molecular formula is C12H16BrClN2O. The van der Waals surface area contributed by atoms with Crippen molar-refractivity contribution in [2.45, 2.75) is 26.0 Å². The number of rotatable bonds is 2. The van der Waals surface area contributed by atoms with Crippen molar-refractivity contribution in [3.63, 3.8) is 0 Å². The van der Waals surface area contributed by atoms with E-state index in [2.05, 4.69) is 39.7 Å². The lowest BCUT2D eigenvalue weighted by Crippen LogP contribution is -2.49. The first-order chi connectivity index (χ1) is 8.13. The Hall–Kier alpha value is -0.320. The Morgan fingerprint density at radius 3 is 3.12 bits per heavy atom. The fourth-order valence-electron chi connectivity index (χ4n) is 1.93. The lowest BCUT2D eigenvalue weighted by Gasteiger charge is -2.38. The van der Waals surface area contributed by atoms with Crippen molar-refractivity contribution >= 4 is 33.3 Å². The van der Waals surface area contributed by atoms with Crippen LogP contribution in [0.15, 0.2) is 16.7 Å². The number of anilines is 1. The summed E-state index contributed by atoms with van der Waals surface area (Å²) in [5.41, 5.74) is 1.19. The van der Waals surface area contributed by atoms with Crippen LogP contribution in [0.1, 0.15) is 12.5 Å². The van der Waals surface area contributed by atoms with Crippen LogP contribution in [0.25, 0.3) is 0 Å². The number of alkyl halides is 1. The Kier molecular flexibility index (Phi) is 4.28. The summed E-state index contributed by atoms with van der Waals surface area (Å²) >= 11 is 9.48. The highest BCUT2D eigenvalue weighted by molar-refractivity contribution is 9.10. The maximum atomic E-state index is 5.87. The minimum absolute atomic E-state index is 0.0853. The molecule has 0 aromatic carbocycles. The summed E-state index contributed by atoms with van der Waals surface area (Å²) < 4.78 is 6.70. The molecule has 0 saturated carbocycles. The van der Waals surface area contributed by atoms with Crippen molar-refractivity contribution in [2.24, 2.45) is 0 Å². The predicted octanol–water partition coefficient (Wildman–Crippen LogP) is 2.99. The summed E-state index contributed by atoms with van der Waals surface area (Å²) in [6.07, 6.45) is 1.93. The van der Waals surface area contributed by atoms with E-state index in [-0.39, 0.29) is 6.10 Å². The molecule has 0 amide bonds. The fraction of sp³-hybridized carbons (Fsp3) is 0.583. The van der Waals surface area contributed by atoms with Crippen molar-refractivity contribution < 1.29 is 4.74 Å². The monoisotopic (exact) mass is 318 g/mol. The maximum absolute atomic E-state index is 5.87. The van der Waals surface area contributed by atoms with Gasteiger partial charge in [0.1, 0.15) is 5.82 Å². The summed E-state index contributed by atoms with van der Waals surface area (Å²) in [7, 11) is 0. The number of morpholine rings is 1. The smallest absolute Gasteiger partial charge is 0.143 e. The van der Waals surface area contributed by atoms with Gasteiger partial charge in [-0.3, -0.25) is 0 Å². The van der Waals surface area contributed by atoms with Crippen LogP contribution >= 0.6 is 27.5 Å². The number of hydrogen-bond acceptors (Lipinski definition) is 3. The second-order valence-electron chi connectivity index (χ2n) is 4.38. The van der Waals surface area contributed by atoms with E-state index in [1.165, 1.54) is 5.56 Å². The van der Waals surface area contributed by atoms with Crippen LogP contribution in [0.3, 0.4) is 0 Å². The van der Waals surface area contributed by atoms with Gasteiger partial charge in [0.2, 0.25) is 0 Å². The second kappa shape index (κ2) is 5.55. The summed E-state index contributed by atoms with van der Waals surface area (Å²) in [5.74, 6) is 1.50. The summed E-state index contributed by atoms with van der Waals surface area (Å²) in [6.45, 7) is 5.69. The van der Waals surface area contributed by atoms with Gasteiger partial charge in [0.05, 0.1) is 29.1 Å². The second-order valence-corrected chi connectivity index (χ2v) is 5.48. The summed E-state index contributed by atoms with van der Waals surface area (Å²) in [4.78, 5) is 6.72. The molecule has 1 saturated heterocycles. The van der Waals surface area contributed by atoms with Gasteiger partial charge < -0.3 is 9.64 Å². The maximum Gasteiger partial charge on any atom is 0.143 e. The third-order valence-corrected chi connectivity index (χ3v) is 4.34. The van der Waals surface area contributed by atoms with E-state index >= 15 is 0 Å². The minimum Gasteiger partial charge on any atom is -0.373 e. The van der Waals surface area contributed by atoms with Gasteiger partial charge in [-0.25, -0.2) is 4.98 Å². The van der Waals surface area contributed by atoms with E-state index < -0.39 is 0 Å². The van der Waals surface area contributed by atoms with Crippen molar-refractivity contribution in [3.05, 3.63) is 22.3 Å². The van der Waals surface area contributed by atoms with Gasteiger partial charge in [-0.1, -0.05) is 0 Å². The van der Waals surface area contributed by atoms with Crippen molar-refractivity contribution in [3.8, 4) is 0 Å². The largest absolute Gasteiger partial charge is 0.373 e. The molecule has 1 fully saturated rings. The molecule has 5 heteroatoms. The van der Waals surface area contributed by atoms with Gasteiger partial charge in [0, 0.05) is 12.7 Å². The van der Waals surface area contributed by atoms with Gasteiger partial charge in [-0.05, 0) is 41.4 Å². The summed E-state index contributed by atoms with van der Waals surface area (Å²) in [6, 6.07) is 2.32. The lowest BCUT2D eigenvalue weighted by atomic mass is 10.2. The van der Waals surface area contributed by atoms with Crippen LogP contribution in [0.4, 0.5) is 5.82 Å². The van der Waals surface area contributed by atoms with Gasteiger partial charge in [0.25, 0.3) is 0 Å². The Morgan fingerprint density at radius 2 is 2.41 bits per heavy atom. The number of aromatic nitrogens is 1. The van der Waals surface area contributed by atoms with Crippen LogP contribution in [0, 0.1) is 6.92 Å². The topological polar surface area (TPSA) is 25.4 Å². The molecule has 1 aliphatic heterocycles. The third-order valence-electron chi connectivity index (χ3n) is 3.01. The Balaban J connectivity index is 2.27. The van der Waals surface area contributed by atoms with Crippen LogP contribution in [-0.4, -0.2) is 36.2 Å². The van der Waals surface area contributed by atoms with Gasteiger partial charge in [-0.2, -0.15) is 0 Å². The number of aryl methyl sites for hydroxylation is 1. The lowest BCUT2D eigenvalue weighted by molar-refractivity contribution is 0.0361. The van der Waals surface area contributed by atoms with E-state index in [4.69, 9.17) is 16.3 Å². The molecule has 94 valence electrons. The minimum atomic E-state index is 0.0853. The van der Waals surface area contributed by atoms with Crippen LogP contribution < -0.4 is 4.90 Å². The van der Waals surface area contributed by atoms with E-state index in [0.717, 1.165) is 16.8 Å². The molecular weight excluding hydrogens is 304 g/mol. The van der Waals surface area contributed by atoms with E-state index in [1.807, 2.05) is 12.3 Å². The molecule has 1 aromatic heterocycles.